The fourth-order valence-electron chi connectivity index (χ4n) is 3.47. The molecule has 1 fully saturated rings. The molecule has 0 heterocycles. The molecule has 1 aliphatic carbocycles. The van der Waals surface area contributed by atoms with Crippen molar-refractivity contribution in [3.05, 3.63) is 60.2 Å². The Morgan fingerprint density at radius 2 is 1.56 bits per heavy atom. The van der Waals surface area contributed by atoms with E-state index in [9.17, 15) is 19.5 Å². The smallest absolute Gasteiger partial charge is 0.307 e. The lowest BCUT2D eigenvalue weighted by molar-refractivity contribution is -0.140. The molecule has 6 nitrogen and oxygen atoms in total. The molecule has 2 aromatic rings. The number of aliphatic carboxylic acids is 1. The minimum absolute atomic E-state index is 0.159. The number of hydrogen-bond donors (Lipinski definition) is 2. The normalized spacial score (nSPS) is 19.8. The average molecular weight is 366 g/mol. The second-order valence-electron chi connectivity index (χ2n) is 7.38. The maximum Gasteiger partial charge on any atom is 0.307 e. The van der Waals surface area contributed by atoms with E-state index in [0.717, 1.165) is 5.69 Å². The molecule has 2 aromatic carbocycles. The molecule has 0 bridgehead atoms. The highest BCUT2D eigenvalue weighted by molar-refractivity contribution is 6.06. The highest BCUT2D eigenvalue weighted by Crippen LogP contribution is 2.58. The van der Waals surface area contributed by atoms with Gasteiger partial charge in [-0.15, -0.1) is 0 Å². The number of anilines is 2. The SMILES string of the molecule is CN(C(=O)c1ccc(NC(=O)[C@@H]2[C@H](C(=O)O)C2(C)C)cc1)c1ccccc1. The van der Waals surface area contributed by atoms with Crippen LogP contribution in [0.4, 0.5) is 11.4 Å². The second-order valence-corrected chi connectivity index (χ2v) is 7.38. The first-order chi connectivity index (χ1) is 12.7. The van der Waals surface area contributed by atoms with Crippen molar-refractivity contribution in [1.82, 2.24) is 0 Å². The van der Waals surface area contributed by atoms with Crippen molar-refractivity contribution < 1.29 is 19.5 Å². The Hall–Kier alpha value is -3.15. The summed E-state index contributed by atoms with van der Waals surface area (Å²) in [4.78, 5) is 37.7. The zero-order chi connectivity index (χ0) is 19.8. The van der Waals surface area contributed by atoms with Gasteiger partial charge in [0.2, 0.25) is 5.91 Å². The van der Waals surface area contributed by atoms with Crippen LogP contribution in [0.3, 0.4) is 0 Å². The lowest BCUT2D eigenvalue weighted by atomic mass is 10.1. The van der Waals surface area contributed by atoms with Crippen molar-refractivity contribution in [3.8, 4) is 0 Å². The van der Waals surface area contributed by atoms with Crippen LogP contribution >= 0.6 is 0 Å². The van der Waals surface area contributed by atoms with Crippen LogP contribution in [0.1, 0.15) is 24.2 Å². The van der Waals surface area contributed by atoms with Crippen molar-refractivity contribution in [1.29, 1.82) is 0 Å². The quantitative estimate of drug-likeness (QED) is 0.850. The van der Waals surface area contributed by atoms with Gasteiger partial charge < -0.3 is 15.3 Å². The molecule has 0 saturated heterocycles. The number of nitrogens with zero attached hydrogens (tertiary/aromatic N) is 1. The molecule has 0 aromatic heterocycles. The Kier molecular flexibility index (Phi) is 4.74. The Morgan fingerprint density at radius 1 is 0.963 bits per heavy atom. The fourth-order valence-corrected chi connectivity index (χ4v) is 3.47. The Morgan fingerprint density at radius 3 is 2.07 bits per heavy atom. The van der Waals surface area contributed by atoms with E-state index >= 15 is 0 Å². The molecular weight excluding hydrogens is 344 g/mol. The van der Waals surface area contributed by atoms with Crippen molar-refractivity contribution in [2.24, 2.45) is 17.3 Å². The monoisotopic (exact) mass is 366 g/mol. The summed E-state index contributed by atoms with van der Waals surface area (Å²) in [7, 11) is 1.70. The van der Waals surface area contributed by atoms with Gasteiger partial charge in [0.1, 0.15) is 0 Å². The van der Waals surface area contributed by atoms with Gasteiger partial charge in [-0.3, -0.25) is 14.4 Å². The van der Waals surface area contributed by atoms with Gasteiger partial charge in [-0.1, -0.05) is 32.0 Å². The number of carboxylic acids is 1. The summed E-state index contributed by atoms with van der Waals surface area (Å²) in [6.45, 7) is 3.55. The number of carbonyl (C=O) groups is 3. The summed E-state index contributed by atoms with van der Waals surface area (Å²) in [5, 5.41) is 11.9. The molecule has 3 rings (SSSR count). The predicted octanol–water partition coefficient (Wildman–Crippen LogP) is 3.26. The number of hydrogen-bond acceptors (Lipinski definition) is 3. The van der Waals surface area contributed by atoms with E-state index < -0.39 is 23.2 Å². The third-order valence-corrected chi connectivity index (χ3v) is 5.22. The largest absolute Gasteiger partial charge is 0.481 e. The first kappa shape index (κ1) is 18.6. The Labute approximate surface area is 157 Å². The molecule has 0 unspecified atom stereocenters. The van der Waals surface area contributed by atoms with Gasteiger partial charge in [0.05, 0.1) is 11.8 Å². The summed E-state index contributed by atoms with van der Waals surface area (Å²) >= 11 is 0. The van der Waals surface area contributed by atoms with E-state index in [2.05, 4.69) is 5.32 Å². The highest BCUT2D eigenvalue weighted by Gasteiger charge is 2.65. The molecule has 27 heavy (non-hydrogen) atoms. The lowest BCUT2D eigenvalue weighted by Gasteiger charge is -2.17. The zero-order valence-corrected chi connectivity index (χ0v) is 15.5. The maximum absolute atomic E-state index is 12.6. The molecule has 0 aliphatic heterocycles. The number of benzene rings is 2. The molecular formula is C21H22N2O4. The van der Waals surface area contributed by atoms with Crippen molar-refractivity contribution in [2.75, 3.05) is 17.3 Å². The van der Waals surface area contributed by atoms with E-state index in [1.54, 1.807) is 50.1 Å². The second kappa shape index (κ2) is 6.87. The topological polar surface area (TPSA) is 86.7 Å². The lowest BCUT2D eigenvalue weighted by Crippen LogP contribution is -2.26. The third kappa shape index (κ3) is 3.56. The molecule has 2 amide bonds. The third-order valence-electron chi connectivity index (χ3n) is 5.22. The maximum atomic E-state index is 12.6. The average Bonchev–Trinajstić information content (AvgIpc) is 3.24. The van der Waals surface area contributed by atoms with E-state index in [1.807, 2.05) is 30.3 Å². The number of carboxylic acid groups (broad SMARTS) is 1. The van der Waals surface area contributed by atoms with Crippen LogP contribution in [0, 0.1) is 17.3 Å². The molecule has 1 saturated carbocycles. The van der Waals surface area contributed by atoms with E-state index in [-0.39, 0.29) is 11.8 Å². The van der Waals surface area contributed by atoms with Crippen LogP contribution in [0.2, 0.25) is 0 Å². The highest BCUT2D eigenvalue weighted by atomic mass is 16.4. The van der Waals surface area contributed by atoms with Crippen molar-refractivity contribution in [3.63, 3.8) is 0 Å². The van der Waals surface area contributed by atoms with Crippen LogP contribution in [-0.2, 0) is 9.59 Å². The molecule has 0 radical (unpaired) electrons. The number of amides is 2. The number of rotatable bonds is 5. The van der Waals surface area contributed by atoms with Gasteiger partial charge in [0.25, 0.3) is 5.91 Å². The van der Waals surface area contributed by atoms with Gasteiger partial charge in [0.15, 0.2) is 0 Å². The van der Waals surface area contributed by atoms with Crippen LogP contribution in [0.25, 0.3) is 0 Å². The first-order valence-corrected chi connectivity index (χ1v) is 8.70. The summed E-state index contributed by atoms with van der Waals surface area (Å²) < 4.78 is 0. The Bertz CT molecular complexity index is 875. The van der Waals surface area contributed by atoms with Crippen molar-refractivity contribution >= 4 is 29.2 Å². The standard InChI is InChI=1S/C21H22N2O4/c1-21(2)16(17(21)20(26)27)18(24)22-14-11-9-13(10-12-14)19(25)23(3)15-7-5-4-6-8-15/h4-12,16-17H,1-3H3,(H,22,24)(H,26,27)/t16-,17+/m0/s1. The van der Waals surface area contributed by atoms with Gasteiger partial charge >= 0.3 is 5.97 Å². The van der Waals surface area contributed by atoms with Gasteiger partial charge in [-0.2, -0.15) is 0 Å². The molecule has 2 atom stereocenters. The van der Waals surface area contributed by atoms with Gasteiger partial charge in [0, 0.05) is 24.0 Å². The number of carbonyl (C=O) groups excluding carboxylic acids is 2. The van der Waals surface area contributed by atoms with Crippen LogP contribution < -0.4 is 10.2 Å². The Balaban J connectivity index is 1.66. The van der Waals surface area contributed by atoms with Crippen LogP contribution in [0.15, 0.2) is 54.6 Å². The minimum Gasteiger partial charge on any atom is -0.481 e. The van der Waals surface area contributed by atoms with Gasteiger partial charge in [-0.25, -0.2) is 0 Å². The van der Waals surface area contributed by atoms with Crippen molar-refractivity contribution in [2.45, 2.75) is 13.8 Å². The molecule has 6 heteroatoms. The number of nitrogens with one attached hydrogen (secondary N) is 1. The predicted molar refractivity (Wildman–Crippen MR) is 103 cm³/mol. The summed E-state index contributed by atoms with van der Waals surface area (Å²) in [5.74, 6) is -2.65. The first-order valence-electron chi connectivity index (χ1n) is 8.70. The van der Waals surface area contributed by atoms with E-state index in [0.29, 0.717) is 11.3 Å². The molecule has 1 aliphatic rings. The van der Waals surface area contributed by atoms with Crippen LogP contribution in [0.5, 0.6) is 0 Å². The summed E-state index contributed by atoms with van der Waals surface area (Å²) in [6.07, 6.45) is 0. The fraction of sp³-hybridized carbons (Fsp3) is 0.286. The van der Waals surface area contributed by atoms with E-state index in [4.69, 9.17) is 0 Å². The minimum atomic E-state index is -0.954. The molecule has 0 spiro atoms. The van der Waals surface area contributed by atoms with Gasteiger partial charge in [-0.05, 0) is 41.8 Å². The zero-order valence-electron chi connectivity index (χ0n) is 15.5. The van der Waals surface area contributed by atoms with Crippen LogP contribution in [-0.4, -0.2) is 29.9 Å². The molecule has 140 valence electrons. The summed E-state index contributed by atoms with van der Waals surface area (Å²) in [5.41, 5.74) is 1.26. The molecule has 2 N–H and O–H groups in total. The summed E-state index contributed by atoms with van der Waals surface area (Å²) in [6, 6.07) is 15.9. The van der Waals surface area contributed by atoms with E-state index in [1.165, 1.54) is 0 Å². The number of para-hydroxylation sites is 1.